The average molecular weight is 442 g/mol. The van der Waals surface area contributed by atoms with Crippen molar-refractivity contribution in [1.29, 1.82) is 0 Å². The Morgan fingerprint density at radius 1 is 0.970 bits per heavy atom. The Bertz CT molecular complexity index is 1300. The highest BCUT2D eigenvalue weighted by molar-refractivity contribution is 5.90. The summed E-state index contributed by atoms with van der Waals surface area (Å²) in [6.07, 6.45) is 1.68. The summed E-state index contributed by atoms with van der Waals surface area (Å²) in [7, 11) is 0. The number of ether oxygens (including phenoxy) is 1. The molecule has 0 amide bonds. The van der Waals surface area contributed by atoms with Crippen LogP contribution in [0, 0.1) is 5.82 Å². The van der Waals surface area contributed by atoms with Gasteiger partial charge in [0.15, 0.2) is 0 Å². The number of rotatable bonds is 5. The fourth-order valence-electron chi connectivity index (χ4n) is 4.42. The van der Waals surface area contributed by atoms with Crippen LogP contribution < -0.4 is 4.90 Å². The average Bonchev–Trinajstić information content (AvgIpc) is 3.30. The van der Waals surface area contributed by atoms with Gasteiger partial charge >= 0.3 is 5.97 Å². The fourth-order valence-corrected chi connectivity index (χ4v) is 4.42. The molecule has 0 radical (unpaired) electrons. The van der Waals surface area contributed by atoms with Gasteiger partial charge in [-0.15, -0.1) is 0 Å². The molecule has 2 heterocycles. The number of anilines is 1. The van der Waals surface area contributed by atoms with Gasteiger partial charge in [0.25, 0.3) is 0 Å². The van der Waals surface area contributed by atoms with Crippen molar-refractivity contribution in [2.24, 2.45) is 0 Å². The van der Waals surface area contributed by atoms with E-state index in [4.69, 9.17) is 4.74 Å². The molecule has 1 unspecified atom stereocenters. The van der Waals surface area contributed by atoms with E-state index in [0.29, 0.717) is 23.4 Å². The first-order valence-corrected chi connectivity index (χ1v) is 10.8. The van der Waals surface area contributed by atoms with Crippen LogP contribution in [0.5, 0.6) is 0 Å². The van der Waals surface area contributed by atoms with Gasteiger partial charge in [-0.1, -0.05) is 54.6 Å². The normalized spacial score (nSPS) is 16.8. The van der Waals surface area contributed by atoms with Crippen LogP contribution in [-0.4, -0.2) is 22.2 Å². The van der Waals surface area contributed by atoms with Gasteiger partial charge in [0, 0.05) is 18.3 Å². The van der Waals surface area contributed by atoms with Crippen molar-refractivity contribution in [2.75, 3.05) is 11.5 Å². The lowest BCUT2D eigenvalue weighted by atomic mass is 9.92. The summed E-state index contributed by atoms with van der Waals surface area (Å²) in [6.45, 7) is 2.39. The lowest BCUT2D eigenvalue weighted by Gasteiger charge is -2.46. The standard InChI is InChI=1S/C27H23FN2O3/c1-2-33-26(31)20-16-25-27(32,21-12-14-22(28)15-13-21)30(17-19-8-4-3-5-9-19)24-11-7-6-10-23(24)29(25)18-20/h3-16,18,32H,2,17H2,1H3. The molecule has 3 aromatic carbocycles. The van der Waals surface area contributed by atoms with Gasteiger partial charge in [0.05, 0.1) is 29.2 Å². The van der Waals surface area contributed by atoms with Crippen LogP contribution in [0.25, 0.3) is 5.69 Å². The summed E-state index contributed by atoms with van der Waals surface area (Å²) in [5.74, 6) is -0.858. The minimum atomic E-state index is -1.66. The minimum Gasteiger partial charge on any atom is -0.462 e. The second-order valence-electron chi connectivity index (χ2n) is 7.94. The molecule has 0 bridgehead atoms. The van der Waals surface area contributed by atoms with E-state index in [0.717, 1.165) is 16.9 Å². The van der Waals surface area contributed by atoms with Gasteiger partial charge in [-0.25, -0.2) is 9.18 Å². The molecule has 0 saturated carbocycles. The molecule has 1 aliphatic heterocycles. The molecular formula is C27H23FN2O3. The number of benzene rings is 3. The monoisotopic (exact) mass is 442 g/mol. The number of aliphatic hydroxyl groups is 1. The Morgan fingerprint density at radius 3 is 2.33 bits per heavy atom. The van der Waals surface area contributed by atoms with Crippen molar-refractivity contribution in [3.05, 3.63) is 119 Å². The van der Waals surface area contributed by atoms with Gasteiger partial charge in [-0.3, -0.25) is 0 Å². The molecule has 0 aliphatic carbocycles. The predicted molar refractivity (Wildman–Crippen MR) is 124 cm³/mol. The van der Waals surface area contributed by atoms with Crippen molar-refractivity contribution in [1.82, 2.24) is 4.57 Å². The van der Waals surface area contributed by atoms with E-state index in [2.05, 4.69) is 0 Å². The summed E-state index contributed by atoms with van der Waals surface area (Å²) in [4.78, 5) is 14.4. The number of aromatic nitrogens is 1. The SMILES string of the molecule is CCOC(=O)c1cc2n(c1)-c1ccccc1N(Cc1ccccc1)C2(O)c1ccc(F)cc1. The highest BCUT2D eigenvalue weighted by Gasteiger charge is 2.46. The maximum absolute atomic E-state index is 13.8. The van der Waals surface area contributed by atoms with Crippen LogP contribution >= 0.6 is 0 Å². The van der Waals surface area contributed by atoms with E-state index in [1.54, 1.807) is 31.3 Å². The molecule has 0 fully saturated rings. The summed E-state index contributed by atoms with van der Waals surface area (Å²) in [5.41, 5.74) is 2.25. The van der Waals surface area contributed by atoms with E-state index in [1.165, 1.54) is 12.1 Å². The maximum Gasteiger partial charge on any atom is 0.339 e. The molecule has 1 N–H and O–H groups in total. The highest BCUT2D eigenvalue weighted by atomic mass is 19.1. The first kappa shape index (κ1) is 21.0. The van der Waals surface area contributed by atoms with Crippen LogP contribution in [0.3, 0.4) is 0 Å². The lowest BCUT2D eigenvalue weighted by molar-refractivity contribution is 0.0526. The molecule has 5 nitrogen and oxygen atoms in total. The second-order valence-corrected chi connectivity index (χ2v) is 7.94. The summed E-state index contributed by atoms with van der Waals surface area (Å²) in [6, 6.07) is 25.0. The van der Waals surface area contributed by atoms with Crippen LogP contribution in [0.15, 0.2) is 91.1 Å². The Balaban J connectivity index is 1.76. The minimum absolute atomic E-state index is 0.248. The van der Waals surface area contributed by atoms with E-state index in [-0.39, 0.29) is 6.61 Å². The van der Waals surface area contributed by atoms with Crippen molar-refractivity contribution in [2.45, 2.75) is 19.2 Å². The zero-order valence-corrected chi connectivity index (χ0v) is 18.1. The molecule has 1 atom stereocenters. The summed E-state index contributed by atoms with van der Waals surface area (Å²) >= 11 is 0. The van der Waals surface area contributed by atoms with Gasteiger partial charge in [-0.05, 0) is 42.8 Å². The number of halogens is 1. The third kappa shape index (κ3) is 3.49. The molecule has 6 heteroatoms. The lowest BCUT2D eigenvalue weighted by Crippen LogP contribution is -2.50. The van der Waals surface area contributed by atoms with Crippen LogP contribution in [0.1, 0.15) is 34.1 Å². The zero-order valence-electron chi connectivity index (χ0n) is 18.1. The molecule has 0 saturated heterocycles. The van der Waals surface area contributed by atoms with Crippen LogP contribution in [0.4, 0.5) is 10.1 Å². The Hall–Kier alpha value is -3.90. The predicted octanol–water partition coefficient (Wildman–Crippen LogP) is 5.01. The van der Waals surface area contributed by atoms with Crippen molar-refractivity contribution in [3.63, 3.8) is 0 Å². The molecule has 5 rings (SSSR count). The number of hydrogen-bond donors (Lipinski definition) is 1. The third-order valence-corrected chi connectivity index (χ3v) is 5.94. The Labute approximate surface area is 191 Å². The number of fused-ring (bicyclic) bond motifs is 3. The van der Waals surface area contributed by atoms with E-state index in [1.807, 2.05) is 64.1 Å². The summed E-state index contributed by atoms with van der Waals surface area (Å²) in [5, 5.41) is 12.4. The number of nitrogens with zero attached hydrogens (tertiary/aromatic N) is 2. The van der Waals surface area contributed by atoms with Gasteiger partial charge in [0.1, 0.15) is 5.82 Å². The summed E-state index contributed by atoms with van der Waals surface area (Å²) < 4.78 is 20.8. The fraction of sp³-hybridized carbons (Fsp3) is 0.148. The van der Waals surface area contributed by atoms with Crippen molar-refractivity contribution >= 4 is 11.7 Å². The van der Waals surface area contributed by atoms with Crippen LogP contribution in [-0.2, 0) is 17.0 Å². The largest absolute Gasteiger partial charge is 0.462 e. The van der Waals surface area contributed by atoms with E-state index >= 15 is 0 Å². The van der Waals surface area contributed by atoms with Crippen LogP contribution in [0.2, 0.25) is 0 Å². The highest BCUT2D eigenvalue weighted by Crippen LogP contribution is 2.46. The smallest absolute Gasteiger partial charge is 0.339 e. The van der Waals surface area contributed by atoms with E-state index in [9.17, 15) is 14.3 Å². The topological polar surface area (TPSA) is 54.7 Å². The number of para-hydroxylation sites is 2. The molecule has 0 spiro atoms. The number of esters is 1. The number of carbonyl (C=O) groups is 1. The molecule has 1 aliphatic rings. The maximum atomic E-state index is 13.8. The van der Waals surface area contributed by atoms with Crippen molar-refractivity contribution in [3.8, 4) is 5.69 Å². The zero-order chi connectivity index (χ0) is 23.0. The quantitative estimate of drug-likeness (QED) is 0.442. The molecule has 1 aromatic heterocycles. The number of carbonyl (C=O) groups excluding carboxylic acids is 1. The molecule has 166 valence electrons. The van der Waals surface area contributed by atoms with E-state index < -0.39 is 17.5 Å². The second kappa shape index (κ2) is 8.22. The first-order valence-electron chi connectivity index (χ1n) is 10.8. The van der Waals surface area contributed by atoms with Crippen molar-refractivity contribution < 1.29 is 19.0 Å². The third-order valence-electron chi connectivity index (χ3n) is 5.94. The first-order chi connectivity index (χ1) is 16.0. The molecule has 4 aromatic rings. The van der Waals surface area contributed by atoms with Gasteiger partial charge in [-0.2, -0.15) is 0 Å². The molecule has 33 heavy (non-hydrogen) atoms. The van der Waals surface area contributed by atoms with Gasteiger partial charge in [0.2, 0.25) is 5.72 Å². The Kier molecular flexibility index (Phi) is 5.23. The van der Waals surface area contributed by atoms with Gasteiger partial charge < -0.3 is 19.3 Å². The Morgan fingerprint density at radius 2 is 1.64 bits per heavy atom. The number of hydrogen-bond acceptors (Lipinski definition) is 4. The molecular weight excluding hydrogens is 419 g/mol.